The third kappa shape index (κ3) is 3.53. The molecule has 0 unspecified atom stereocenters. The van der Waals surface area contributed by atoms with Gasteiger partial charge >= 0.3 is 5.97 Å². The van der Waals surface area contributed by atoms with Gasteiger partial charge in [0, 0.05) is 30.9 Å². The quantitative estimate of drug-likeness (QED) is 0.708. The van der Waals surface area contributed by atoms with Gasteiger partial charge in [-0.15, -0.1) is 0 Å². The summed E-state index contributed by atoms with van der Waals surface area (Å²) >= 11 is 0. The van der Waals surface area contributed by atoms with Gasteiger partial charge in [0.2, 0.25) is 0 Å². The van der Waals surface area contributed by atoms with Crippen LogP contribution in [-0.4, -0.2) is 40.8 Å². The SMILES string of the molecule is CCOC(=O)c1cnc2[nH]ccc2c1NCC1CCC(CO)CC1. The molecule has 2 heterocycles. The number of carbonyl (C=O) groups excluding carboxylic acids is 1. The van der Waals surface area contributed by atoms with Gasteiger partial charge in [0.25, 0.3) is 0 Å². The number of nitrogens with one attached hydrogen (secondary N) is 2. The number of aliphatic hydroxyl groups is 1. The molecule has 0 aliphatic heterocycles. The van der Waals surface area contributed by atoms with Crippen LogP contribution in [0.4, 0.5) is 5.69 Å². The molecule has 0 aromatic carbocycles. The standard InChI is InChI=1S/C18H25N3O3/c1-2-24-18(23)15-10-21-17-14(7-8-19-17)16(15)20-9-12-3-5-13(11-22)6-4-12/h7-8,10,12-13,22H,2-6,9,11H2,1H3,(H2,19,20,21). The Morgan fingerprint density at radius 3 is 2.83 bits per heavy atom. The number of carbonyl (C=O) groups is 1. The molecule has 1 aliphatic carbocycles. The van der Waals surface area contributed by atoms with E-state index in [0.29, 0.717) is 30.6 Å². The van der Waals surface area contributed by atoms with Crippen LogP contribution in [0.5, 0.6) is 0 Å². The molecule has 0 saturated heterocycles. The Morgan fingerprint density at radius 1 is 1.38 bits per heavy atom. The zero-order valence-electron chi connectivity index (χ0n) is 14.0. The van der Waals surface area contributed by atoms with Crippen molar-refractivity contribution >= 4 is 22.7 Å². The number of pyridine rings is 1. The summed E-state index contributed by atoms with van der Waals surface area (Å²) in [7, 11) is 0. The number of aromatic amines is 1. The van der Waals surface area contributed by atoms with Gasteiger partial charge in [-0.05, 0) is 50.5 Å². The van der Waals surface area contributed by atoms with Gasteiger partial charge in [-0.2, -0.15) is 0 Å². The fraction of sp³-hybridized carbons (Fsp3) is 0.556. The first-order chi connectivity index (χ1) is 11.7. The summed E-state index contributed by atoms with van der Waals surface area (Å²) in [6.45, 7) is 3.25. The number of aromatic nitrogens is 2. The fourth-order valence-corrected chi connectivity index (χ4v) is 3.43. The summed E-state index contributed by atoms with van der Waals surface area (Å²) in [6, 6.07) is 1.93. The molecule has 0 atom stereocenters. The van der Waals surface area contributed by atoms with Crippen molar-refractivity contribution in [3.8, 4) is 0 Å². The average molecular weight is 331 g/mol. The molecule has 0 radical (unpaired) electrons. The predicted octanol–water partition coefficient (Wildman–Crippen LogP) is 2.95. The van der Waals surface area contributed by atoms with Crippen LogP contribution in [0.1, 0.15) is 43.0 Å². The molecule has 3 rings (SSSR count). The number of fused-ring (bicyclic) bond motifs is 1. The normalized spacial score (nSPS) is 20.9. The van der Waals surface area contributed by atoms with E-state index in [1.807, 2.05) is 12.3 Å². The molecule has 0 spiro atoms. The zero-order valence-corrected chi connectivity index (χ0v) is 14.0. The van der Waals surface area contributed by atoms with Crippen LogP contribution in [0.3, 0.4) is 0 Å². The van der Waals surface area contributed by atoms with E-state index in [4.69, 9.17) is 4.74 Å². The number of ether oxygens (including phenoxy) is 1. The summed E-state index contributed by atoms with van der Waals surface area (Å²) in [5.41, 5.74) is 2.03. The maximum atomic E-state index is 12.2. The minimum absolute atomic E-state index is 0.293. The summed E-state index contributed by atoms with van der Waals surface area (Å²) < 4.78 is 5.16. The highest BCUT2D eigenvalue weighted by Crippen LogP contribution is 2.31. The largest absolute Gasteiger partial charge is 0.462 e. The second kappa shape index (κ2) is 7.66. The van der Waals surface area contributed by atoms with E-state index in [1.54, 1.807) is 13.1 Å². The van der Waals surface area contributed by atoms with Crippen molar-refractivity contribution in [1.29, 1.82) is 0 Å². The van der Waals surface area contributed by atoms with E-state index in [2.05, 4.69) is 15.3 Å². The van der Waals surface area contributed by atoms with Gasteiger partial charge in [-0.1, -0.05) is 0 Å². The van der Waals surface area contributed by atoms with Gasteiger partial charge in [0.15, 0.2) is 0 Å². The van der Waals surface area contributed by atoms with Crippen LogP contribution in [0.25, 0.3) is 11.0 Å². The van der Waals surface area contributed by atoms with Crippen molar-refractivity contribution in [3.63, 3.8) is 0 Å². The van der Waals surface area contributed by atoms with Crippen LogP contribution in [0.15, 0.2) is 18.5 Å². The maximum Gasteiger partial charge on any atom is 0.341 e. The number of anilines is 1. The Balaban J connectivity index is 1.76. The number of rotatable bonds is 6. The lowest BCUT2D eigenvalue weighted by Crippen LogP contribution is -2.23. The van der Waals surface area contributed by atoms with Crippen molar-refractivity contribution in [3.05, 3.63) is 24.0 Å². The molecule has 6 heteroatoms. The van der Waals surface area contributed by atoms with Crippen LogP contribution in [0, 0.1) is 11.8 Å². The number of hydrogen-bond acceptors (Lipinski definition) is 5. The van der Waals surface area contributed by atoms with Crippen molar-refractivity contribution in [2.75, 3.05) is 25.1 Å². The van der Waals surface area contributed by atoms with Crippen molar-refractivity contribution < 1.29 is 14.6 Å². The third-order valence-corrected chi connectivity index (χ3v) is 4.87. The molecular formula is C18H25N3O3. The molecule has 0 amide bonds. The lowest BCUT2D eigenvalue weighted by molar-refractivity contribution is 0.0527. The first kappa shape index (κ1) is 16.8. The predicted molar refractivity (Wildman–Crippen MR) is 93.1 cm³/mol. The van der Waals surface area contributed by atoms with Crippen LogP contribution in [-0.2, 0) is 4.74 Å². The Hall–Kier alpha value is -2.08. The van der Waals surface area contributed by atoms with Gasteiger partial charge in [0.1, 0.15) is 11.2 Å². The van der Waals surface area contributed by atoms with Gasteiger partial charge in [-0.25, -0.2) is 9.78 Å². The average Bonchev–Trinajstić information content (AvgIpc) is 3.09. The summed E-state index contributed by atoms with van der Waals surface area (Å²) in [5, 5.41) is 13.6. The van der Waals surface area contributed by atoms with Gasteiger partial charge < -0.3 is 20.1 Å². The number of nitrogens with zero attached hydrogens (tertiary/aromatic N) is 1. The summed E-state index contributed by atoms with van der Waals surface area (Å²) in [6.07, 6.45) is 7.75. The van der Waals surface area contributed by atoms with Crippen LogP contribution in [0.2, 0.25) is 0 Å². The first-order valence-corrected chi connectivity index (χ1v) is 8.70. The van der Waals surface area contributed by atoms with E-state index in [9.17, 15) is 9.90 Å². The molecular weight excluding hydrogens is 306 g/mol. The third-order valence-electron chi connectivity index (χ3n) is 4.87. The second-order valence-electron chi connectivity index (χ2n) is 6.46. The monoisotopic (exact) mass is 331 g/mol. The molecule has 3 N–H and O–H groups in total. The summed E-state index contributed by atoms with van der Waals surface area (Å²) in [4.78, 5) is 19.6. The van der Waals surface area contributed by atoms with E-state index in [0.717, 1.165) is 48.9 Å². The lowest BCUT2D eigenvalue weighted by atomic mass is 9.82. The first-order valence-electron chi connectivity index (χ1n) is 8.70. The topological polar surface area (TPSA) is 87.2 Å². The van der Waals surface area contributed by atoms with E-state index in [-0.39, 0.29) is 5.97 Å². The number of aliphatic hydroxyl groups excluding tert-OH is 1. The fourth-order valence-electron chi connectivity index (χ4n) is 3.43. The molecule has 2 aromatic rings. The Bertz CT molecular complexity index is 690. The highest BCUT2D eigenvalue weighted by molar-refractivity contribution is 6.04. The molecule has 0 bridgehead atoms. The molecule has 2 aromatic heterocycles. The minimum Gasteiger partial charge on any atom is -0.462 e. The van der Waals surface area contributed by atoms with Gasteiger partial charge in [-0.3, -0.25) is 0 Å². The number of esters is 1. The molecule has 1 aliphatic rings. The Kier molecular flexibility index (Phi) is 5.35. The zero-order chi connectivity index (χ0) is 16.9. The molecule has 6 nitrogen and oxygen atoms in total. The Labute approximate surface area is 141 Å². The van der Waals surface area contributed by atoms with Crippen molar-refractivity contribution in [1.82, 2.24) is 9.97 Å². The van der Waals surface area contributed by atoms with E-state index >= 15 is 0 Å². The maximum absolute atomic E-state index is 12.2. The number of hydrogen-bond donors (Lipinski definition) is 3. The molecule has 24 heavy (non-hydrogen) atoms. The van der Waals surface area contributed by atoms with Crippen molar-refractivity contribution in [2.45, 2.75) is 32.6 Å². The van der Waals surface area contributed by atoms with Crippen LogP contribution >= 0.6 is 0 Å². The molecule has 1 saturated carbocycles. The lowest BCUT2D eigenvalue weighted by Gasteiger charge is -2.28. The highest BCUT2D eigenvalue weighted by atomic mass is 16.5. The van der Waals surface area contributed by atoms with E-state index in [1.165, 1.54) is 0 Å². The van der Waals surface area contributed by atoms with Crippen molar-refractivity contribution in [2.24, 2.45) is 11.8 Å². The van der Waals surface area contributed by atoms with Crippen LogP contribution < -0.4 is 5.32 Å². The summed E-state index contributed by atoms with van der Waals surface area (Å²) in [5.74, 6) is 0.665. The minimum atomic E-state index is -0.348. The molecule has 130 valence electrons. The van der Waals surface area contributed by atoms with Gasteiger partial charge in [0.05, 0.1) is 12.3 Å². The smallest absolute Gasteiger partial charge is 0.341 e. The number of H-pyrrole nitrogens is 1. The molecule has 1 fully saturated rings. The second-order valence-corrected chi connectivity index (χ2v) is 6.46. The van der Waals surface area contributed by atoms with E-state index < -0.39 is 0 Å². The Morgan fingerprint density at radius 2 is 2.12 bits per heavy atom. The highest BCUT2D eigenvalue weighted by Gasteiger charge is 2.22.